The molecule has 1 heterocycles. The molecule has 0 aromatic heterocycles. The molecule has 154 valence electrons. The molecule has 2 N–H and O–H groups in total. The second kappa shape index (κ2) is 13.0. The van der Waals surface area contributed by atoms with E-state index < -0.39 is 0 Å². The zero-order valence-corrected chi connectivity index (χ0v) is 19.1. The summed E-state index contributed by atoms with van der Waals surface area (Å²) in [4.78, 5) is 6.76. The number of ether oxygens (including phenoxy) is 3. The van der Waals surface area contributed by atoms with Crippen molar-refractivity contribution < 1.29 is 14.2 Å². The van der Waals surface area contributed by atoms with E-state index in [4.69, 9.17) is 14.2 Å². The lowest BCUT2D eigenvalue weighted by molar-refractivity contribution is 0.0320. The Morgan fingerprint density at radius 2 is 2.04 bits per heavy atom. The fourth-order valence-corrected chi connectivity index (χ4v) is 2.90. The van der Waals surface area contributed by atoms with Gasteiger partial charge in [0.1, 0.15) is 0 Å². The minimum Gasteiger partial charge on any atom is -0.493 e. The molecule has 0 amide bonds. The molecule has 1 saturated heterocycles. The van der Waals surface area contributed by atoms with Crippen LogP contribution in [0.4, 0.5) is 5.69 Å². The molecule has 7 nitrogen and oxygen atoms in total. The fourth-order valence-electron chi connectivity index (χ4n) is 2.90. The van der Waals surface area contributed by atoms with Crippen LogP contribution in [0.3, 0.4) is 0 Å². The second-order valence-electron chi connectivity index (χ2n) is 6.39. The van der Waals surface area contributed by atoms with Crippen molar-refractivity contribution in [2.75, 3.05) is 65.5 Å². The summed E-state index contributed by atoms with van der Waals surface area (Å²) in [7, 11) is 3.41. The van der Waals surface area contributed by atoms with Crippen LogP contribution in [-0.2, 0) is 4.74 Å². The lowest BCUT2D eigenvalue weighted by Gasteiger charge is -2.29. The second-order valence-corrected chi connectivity index (χ2v) is 6.39. The topological polar surface area (TPSA) is 67.4 Å². The summed E-state index contributed by atoms with van der Waals surface area (Å²) >= 11 is 0. The summed E-state index contributed by atoms with van der Waals surface area (Å²) in [5, 5.41) is 6.70. The Morgan fingerprint density at radius 1 is 1.30 bits per heavy atom. The Kier molecular flexibility index (Phi) is 11.5. The van der Waals surface area contributed by atoms with Crippen molar-refractivity contribution >= 4 is 35.6 Å². The molecule has 1 aromatic rings. The quantitative estimate of drug-likeness (QED) is 0.331. The van der Waals surface area contributed by atoms with Gasteiger partial charge in [0.05, 0.1) is 26.9 Å². The molecule has 0 radical (unpaired) electrons. The van der Waals surface area contributed by atoms with Gasteiger partial charge in [-0.2, -0.15) is 0 Å². The van der Waals surface area contributed by atoms with Gasteiger partial charge in [0.2, 0.25) is 0 Å². The molecule has 1 unspecified atom stereocenters. The first kappa shape index (κ1) is 23.8. The normalized spacial score (nSPS) is 16.2. The highest BCUT2D eigenvalue weighted by Gasteiger charge is 2.14. The van der Waals surface area contributed by atoms with Gasteiger partial charge in [-0.1, -0.05) is 6.92 Å². The maximum atomic E-state index is 5.63. The van der Waals surface area contributed by atoms with E-state index in [-0.39, 0.29) is 24.0 Å². The molecule has 0 spiro atoms. The molecule has 1 aromatic carbocycles. The molecular formula is C19H33IN4O3. The van der Waals surface area contributed by atoms with Crippen molar-refractivity contribution in [3.8, 4) is 11.5 Å². The number of benzene rings is 1. The van der Waals surface area contributed by atoms with Crippen molar-refractivity contribution in [1.82, 2.24) is 10.2 Å². The van der Waals surface area contributed by atoms with Crippen molar-refractivity contribution in [2.24, 2.45) is 10.9 Å². The minimum absolute atomic E-state index is 0. The lowest BCUT2D eigenvalue weighted by atomic mass is 10.1. The Morgan fingerprint density at radius 3 is 2.67 bits per heavy atom. The number of nitrogens with one attached hydrogen (secondary N) is 2. The zero-order valence-electron chi connectivity index (χ0n) is 16.8. The third-order valence-corrected chi connectivity index (χ3v) is 4.24. The third kappa shape index (κ3) is 8.10. The molecule has 2 rings (SSSR count). The molecule has 1 aliphatic rings. The van der Waals surface area contributed by atoms with E-state index in [0.29, 0.717) is 12.5 Å². The average molecular weight is 492 g/mol. The van der Waals surface area contributed by atoms with Gasteiger partial charge >= 0.3 is 0 Å². The van der Waals surface area contributed by atoms with Crippen LogP contribution >= 0.6 is 24.0 Å². The molecule has 1 aliphatic heterocycles. The number of anilines is 1. The standard InChI is InChI=1S/C19H32N4O3.HI/c1-5-26-18-12-16(6-7-17(18)24-4)22-19(20-3)21-13-15(2)14-23-8-10-25-11-9-23;/h6-7,12,15H,5,8-11,13-14H2,1-4H3,(H2,20,21,22);1H. The van der Waals surface area contributed by atoms with E-state index in [9.17, 15) is 0 Å². The first-order valence-electron chi connectivity index (χ1n) is 9.24. The summed E-state index contributed by atoms with van der Waals surface area (Å²) in [5.41, 5.74) is 0.906. The zero-order chi connectivity index (χ0) is 18.8. The van der Waals surface area contributed by atoms with Crippen molar-refractivity contribution in [3.05, 3.63) is 18.2 Å². The van der Waals surface area contributed by atoms with Gasteiger partial charge in [-0.15, -0.1) is 24.0 Å². The predicted molar refractivity (Wildman–Crippen MR) is 121 cm³/mol. The summed E-state index contributed by atoms with van der Waals surface area (Å²) in [5.74, 6) is 2.70. The number of guanidine groups is 1. The van der Waals surface area contributed by atoms with E-state index in [0.717, 1.165) is 62.5 Å². The van der Waals surface area contributed by atoms with Gasteiger partial charge < -0.3 is 24.8 Å². The molecule has 1 fully saturated rings. The van der Waals surface area contributed by atoms with Gasteiger partial charge in [-0.3, -0.25) is 9.89 Å². The Hall–Kier alpha value is -1.26. The van der Waals surface area contributed by atoms with Crippen LogP contribution in [0.1, 0.15) is 13.8 Å². The van der Waals surface area contributed by atoms with Gasteiger partial charge in [-0.05, 0) is 25.0 Å². The Labute approximate surface area is 179 Å². The summed E-state index contributed by atoms with van der Waals surface area (Å²) in [6, 6.07) is 5.76. The molecule has 1 atom stereocenters. The molecule has 27 heavy (non-hydrogen) atoms. The van der Waals surface area contributed by atoms with E-state index in [2.05, 4.69) is 27.4 Å². The first-order chi connectivity index (χ1) is 12.7. The van der Waals surface area contributed by atoms with Crippen LogP contribution in [0.25, 0.3) is 0 Å². The van der Waals surface area contributed by atoms with E-state index >= 15 is 0 Å². The largest absolute Gasteiger partial charge is 0.493 e. The number of methoxy groups -OCH3 is 1. The van der Waals surface area contributed by atoms with Crippen LogP contribution in [0.15, 0.2) is 23.2 Å². The highest BCUT2D eigenvalue weighted by atomic mass is 127. The van der Waals surface area contributed by atoms with E-state index in [1.165, 1.54) is 0 Å². The molecule has 8 heteroatoms. The van der Waals surface area contributed by atoms with Crippen LogP contribution in [-0.4, -0.2) is 71.0 Å². The van der Waals surface area contributed by atoms with Crippen LogP contribution in [0.2, 0.25) is 0 Å². The first-order valence-corrected chi connectivity index (χ1v) is 9.24. The van der Waals surface area contributed by atoms with Crippen molar-refractivity contribution in [1.29, 1.82) is 0 Å². The van der Waals surface area contributed by atoms with Gasteiger partial charge in [0, 0.05) is 45.0 Å². The minimum atomic E-state index is 0. The number of hydrogen-bond donors (Lipinski definition) is 2. The fraction of sp³-hybridized carbons (Fsp3) is 0.632. The monoisotopic (exact) mass is 492 g/mol. The smallest absolute Gasteiger partial charge is 0.195 e. The number of halogens is 1. The highest BCUT2D eigenvalue weighted by molar-refractivity contribution is 14.0. The van der Waals surface area contributed by atoms with E-state index in [1.54, 1.807) is 14.2 Å². The number of nitrogens with zero attached hydrogens (tertiary/aromatic N) is 2. The average Bonchev–Trinajstić information content (AvgIpc) is 2.66. The molecule has 0 aliphatic carbocycles. The SMILES string of the molecule is CCOc1cc(NC(=NC)NCC(C)CN2CCOCC2)ccc1OC.I. The highest BCUT2D eigenvalue weighted by Crippen LogP contribution is 2.30. The predicted octanol–water partition coefficient (Wildman–Crippen LogP) is 2.67. The maximum absolute atomic E-state index is 5.63. The number of morpholine rings is 1. The van der Waals surface area contributed by atoms with Crippen LogP contribution in [0, 0.1) is 5.92 Å². The Balaban J connectivity index is 0.00000364. The summed E-state index contributed by atoms with van der Waals surface area (Å²) < 4.78 is 16.3. The molecule has 0 bridgehead atoms. The maximum Gasteiger partial charge on any atom is 0.195 e. The molecular weight excluding hydrogens is 459 g/mol. The van der Waals surface area contributed by atoms with Gasteiger partial charge in [0.15, 0.2) is 17.5 Å². The molecule has 0 saturated carbocycles. The van der Waals surface area contributed by atoms with E-state index in [1.807, 2.05) is 25.1 Å². The lowest BCUT2D eigenvalue weighted by Crippen LogP contribution is -2.42. The summed E-state index contributed by atoms with van der Waals surface area (Å²) in [6.07, 6.45) is 0. The Bertz CT molecular complexity index is 580. The number of hydrogen-bond acceptors (Lipinski definition) is 5. The van der Waals surface area contributed by atoms with Gasteiger partial charge in [-0.25, -0.2) is 0 Å². The van der Waals surface area contributed by atoms with Crippen molar-refractivity contribution in [3.63, 3.8) is 0 Å². The van der Waals surface area contributed by atoms with Crippen molar-refractivity contribution in [2.45, 2.75) is 13.8 Å². The van der Waals surface area contributed by atoms with Crippen LogP contribution < -0.4 is 20.1 Å². The number of rotatable bonds is 8. The number of aliphatic imine (C=N–C) groups is 1. The summed E-state index contributed by atoms with van der Waals surface area (Å²) in [6.45, 7) is 10.4. The van der Waals surface area contributed by atoms with Crippen LogP contribution in [0.5, 0.6) is 11.5 Å². The third-order valence-electron chi connectivity index (χ3n) is 4.24. The van der Waals surface area contributed by atoms with Gasteiger partial charge in [0.25, 0.3) is 0 Å².